The summed E-state index contributed by atoms with van der Waals surface area (Å²) in [4.78, 5) is 12.3. The summed E-state index contributed by atoms with van der Waals surface area (Å²) < 4.78 is 30.5. The van der Waals surface area contributed by atoms with Gasteiger partial charge in [-0.3, -0.25) is 4.79 Å². The van der Waals surface area contributed by atoms with Crippen molar-refractivity contribution in [2.75, 3.05) is 13.4 Å². The molecular weight excluding hydrogens is 316 g/mol. The number of nitrogens with one attached hydrogen (secondary N) is 1. The summed E-state index contributed by atoms with van der Waals surface area (Å²) in [6.45, 7) is 0. The first-order valence-corrected chi connectivity index (χ1v) is 9.66. The SMILES string of the molecule is COc1ccc(C(=O)NC2CC3CCC(C2)N3S(C)(=O)=O)cc1. The van der Waals surface area contributed by atoms with Gasteiger partial charge in [0.25, 0.3) is 5.91 Å². The fourth-order valence-electron chi connectivity index (χ4n) is 3.80. The van der Waals surface area contributed by atoms with Gasteiger partial charge in [-0.1, -0.05) is 0 Å². The Morgan fingerprint density at radius 1 is 1.17 bits per heavy atom. The number of hydrogen-bond donors (Lipinski definition) is 1. The number of fused-ring (bicyclic) bond motifs is 2. The Balaban J connectivity index is 1.65. The van der Waals surface area contributed by atoms with E-state index in [1.54, 1.807) is 35.7 Å². The maximum atomic E-state index is 12.3. The zero-order chi connectivity index (χ0) is 16.6. The summed E-state index contributed by atoms with van der Waals surface area (Å²) in [7, 11) is -1.58. The Kier molecular flexibility index (Phi) is 4.33. The molecule has 1 aromatic carbocycles. The predicted molar refractivity (Wildman–Crippen MR) is 87.0 cm³/mol. The Morgan fingerprint density at radius 3 is 2.22 bits per heavy atom. The van der Waals surface area contributed by atoms with Crippen molar-refractivity contribution < 1.29 is 17.9 Å². The van der Waals surface area contributed by atoms with Crippen molar-refractivity contribution >= 4 is 15.9 Å². The number of sulfonamides is 1. The fourth-order valence-corrected chi connectivity index (χ4v) is 5.27. The van der Waals surface area contributed by atoms with Gasteiger partial charge < -0.3 is 10.1 Å². The van der Waals surface area contributed by atoms with Crippen LogP contribution in [0.4, 0.5) is 0 Å². The average Bonchev–Trinajstić information content (AvgIpc) is 2.80. The maximum absolute atomic E-state index is 12.3. The first-order chi connectivity index (χ1) is 10.9. The zero-order valence-corrected chi connectivity index (χ0v) is 14.2. The van der Waals surface area contributed by atoms with Gasteiger partial charge in [0, 0.05) is 23.7 Å². The van der Waals surface area contributed by atoms with E-state index < -0.39 is 10.0 Å². The molecule has 23 heavy (non-hydrogen) atoms. The van der Waals surface area contributed by atoms with Gasteiger partial charge in [0.1, 0.15) is 5.75 Å². The molecule has 2 unspecified atom stereocenters. The standard InChI is InChI=1S/C16H22N2O4S/c1-22-15-7-3-11(4-8-15)16(19)17-12-9-13-5-6-14(10-12)18(13)23(2,20)21/h3-4,7-8,12-14H,5-6,9-10H2,1-2H3,(H,17,19). The monoisotopic (exact) mass is 338 g/mol. The third-order valence-corrected chi connectivity index (χ3v) is 6.10. The molecule has 1 N–H and O–H groups in total. The molecule has 1 aromatic rings. The van der Waals surface area contributed by atoms with Gasteiger partial charge in [-0.25, -0.2) is 8.42 Å². The molecule has 2 bridgehead atoms. The van der Waals surface area contributed by atoms with E-state index in [4.69, 9.17) is 4.74 Å². The molecule has 0 aliphatic carbocycles. The van der Waals surface area contributed by atoms with Gasteiger partial charge in [0.2, 0.25) is 10.0 Å². The number of amides is 1. The lowest BCUT2D eigenvalue weighted by Gasteiger charge is -2.37. The minimum absolute atomic E-state index is 0.0184. The molecule has 3 rings (SSSR count). The fraction of sp³-hybridized carbons (Fsp3) is 0.562. The van der Waals surface area contributed by atoms with Crippen molar-refractivity contribution in [1.29, 1.82) is 0 Å². The molecule has 2 aliphatic rings. The second kappa shape index (κ2) is 6.13. The largest absolute Gasteiger partial charge is 0.497 e. The minimum atomic E-state index is -3.17. The molecule has 0 aromatic heterocycles. The number of methoxy groups -OCH3 is 1. The summed E-state index contributed by atoms with van der Waals surface area (Å²) in [5.74, 6) is 0.589. The van der Waals surface area contributed by atoms with Crippen molar-refractivity contribution in [3.63, 3.8) is 0 Å². The van der Waals surface area contributed by atoms with Crippen molar-refractivity contribution in [2.45, 2.75) is 43.8 Å². The molecule has 126 valence electrons. The summed E-state index contributed by atoms with van der Waals surface area (Å²) in [5, 5.41) is 3.04. The highest BCUT2D eigenvalue weighted by Crippen LogP contribution is 2.37. The molecule has 0 spiro atoms. The van der Waals surface area contributed by atoms with E-state index in [1.165, 1.54) is 6.26 Å². The van der Waals surface area contributed by atoms with Gasteiger partial charge in [0.05, 0.1) is 13.4 Å². The molecule has 0 radical (unpaired) electrons. The normalized spacial score (nSPS) is 27.7. The molecule has 2 fully saturated rings. The number of rotatable bonds is 4. The molecule has 1 amide bonds. The first-order valence-electron chi connectivity index (χ1n) is 7.82. The highest BCUT2D eigenvalue weighted by Gasteiger charge is 2.45. The average molecular weight is 338 g/mol. The second-order valence-electron chi connectivity index (χ2n) is 6.35. The zero-order valence-electron chi connectivity index (χ0n) is 13.4. The maximum Gasteiger partial charge on any atom is 0.251 e. The van der Waals surface area contributed by atoms with Crippen molar-refractivity contribution in [3.05, 3.63) is 29.8 Å². The minimum Gasteiger partial charge on any atom is -0.497 e. The molecule has 2 aliphatic heterocycles. The van der Waals surface area contributed by atoms with Crippen molar-refractivity contribution in [3.8, 4) is 5.75 Å². The predicted octanol–water partition coefficient (Wildman–Crippen LogP) is 1.38. The van der Waals surface area contributed by atoms with Crippen LogP contribution in [0.2, 0.25) is 0 Å². The van der Waals surface area contributed by atoms with Gasteiger partial charge in [-0.05, 0) is 49.9 Å². The van der Waals surface area contributed by atoms with E-state index in [-0.39, 0.29) is 24.0 Å². The lowest BCUT2D eigenvalue weighted by atomic mass is 9.99. The van der Waals surface area contributed by atoms with Gasteiger partial charge in [-0.2, -0.15) is 4.31 Å². The molecule has 2 heterocycles. The van der Waals surface area contributed by atoms with Crippen molar-refractivity contribution in [2.24, 2.45) is 0 Å². The van der Waals surface area contributed by atoms with Gasteiger partial charge in [0.15, 0.2) is 0 Å². The number of nitrogens with zero attached hydrogens (tertiary/aromatic N) is 1. The summed E-state index contributed by atoms with van der Waals surface area (Å²) in [6, 6.07) is 7.04. The summed E-state index contributed by atoms with van der Waals surface area (Å²) in [5.41, 5.74) is 0.587. The Labute approximate surface area is 136 Å². The van der Waals surface area contributed by atoms with E-state index in [9.17, 15) is 13.2 Å². The van der Waals surface area contributed by atoms with Crippen LogP contribution in [0.25, 0.3) is 0 Å². The molecule has 2 saturated heterocycles. The molecule has 6 nitrogen and oxygen atoms in total. The molecule has 2 atom stereocenters. The summed E-state index contributed by atoms with van der Waals surface area (Å²) >= 11 is 0. The van der Waals surface area contributed by atoms with Crippen LogP contribution in [0.1, 0.15) is 36.0 Å². The van der Waals surface area contributed by atoms with E-state index in [1.807, 2.05) is 0 Å². The third kappa shape index (κ3) is 3.35. The van der Waals surface area contributed by atoms with Crippen molar-refractivity contribution in [1.82, 2.24) is 9.62 Å². The lowest BCUT2D eigenvalue weighted by molar-refractivity contribution is 0.0909. The van der Waals surface area contributed by atoms with E-state index in [0.29, 0.717) is 24.2 Å². The first kappa shape index (κ1) is 16.3. The topological polar surface area (TPSA) is 75.7 Å². The number of carbonyl (C=O) groups excluding carboxylic acids is 1. The smallest absolute Gasteiger partial charge is 0.251 e. The molecule has 7 heteroatoms. The second-order valence-corrected chi connectivity index (χ2v) is 8.24. The van der Waals surface area contributed by atoms with Crippen LogP contribution in [0.5, 0.6) is 5.75 Å². The van der Waals surface area contributed by atoms with E-state index in [0.717, 1.165) is 12.8 Å². The Bertz CT molecular complexity index is 673. The van der Waals surface area contributed by atoms with E-state index in [2.05, 4.69) is 5.32 Å². The molecular formula is C16H22N2O4S. The van der Waals surface area contributed by atoms with Crippen LogP contribution in [0.15, 0.2) is 24.3 Å². The number of piperidine rings is 1. The summed E-state index contributed by atoms with van der Waals surface area (Å²) in [6.07, 6.45) is 4.41. The number of benzene rings is 1. The quantitative estimate of drug-likeness (QED) is 0.900. The van der Waals surface area contributed by atoms with Crippen LogP contribution in [0, 0.1) is 0 Å². The van der Waals surface area contributed by atoms with Gasteiger partial charge in [-0.15, -0.1) is 0 Å². The lowest BCUT2D eigenvalue weighted by Crippen LogP contribution is -2.52. The Hall–Kier alpha value is -1.60. The number of carbonyl (C=O) groups is 1. The number of ether oxygens (including phenoxy) is 1. The van der Waals surface area contributed by atoms with Crippen LogP contribution < -0.4 is 10.1 Å². The molecule has 0 saturated carbocycles. The Morgan fingerprint density at radius 2 is 1.74 bits per heavy atom. The third-order valence-electron chi connectivity index (χ3n) is 4.74. The van der Waals surface area contributed by atoms with Gasteiger partial charge >= 0.3 is 0 Å². The van der Waals surface area contributed by atoms with E-state index >= 15 is 0 Å². The highest BCUT2D eigenvalue weighted by molar-refractivity contribution is 7.88. The van der Waals surface area contributed by atoms with Crippen LogP contribution in [-0.2, 0) is 10.0 Å². The van der Waals surface area contributed by atoms with Crippen LogP contribution in [0.3, 0.4) is 0 Å². The van der Waals surface area contributed by atoms with Crippen LogP contribution >= 0.6 is 0 Å². The number of hydrogen-bond acceptors (Lipinski definition) is 4. The highest BCUT2D eigenvalue weighted by atomic mass is 32.2. The van der Waals surface area contributed by atoms with Crippen LogP contribution in [-0.4, -0.2) is 50.1 Å².